The molecule has 0 aliphatic heterocycles. The number of aryl methyl sites for hydroxylation is 1. The molecule has 0 saturated carbocycles. The Morgan fingerprint density at radius 3 is 2.91 bits per heavy atom. The third-order valence-corrected chi connectivity index (χ3v) is 4.13. The van der Waals surface area contributed by atoms with Gasteiger partial charge in [0.05, 0.1) is 12.5 Å². The number of amides is 1. The fraction of sp³-hybridized carbons (Fsp3) is 0.267. The van der Waals surface area contributed by atoms with E-state index in [1.807, 2.05) is 26.8 Å². The molecule has 0 saturated heterocycles. The summed E-state index contributed by atoms with van der Waals surface area (Å²) in [5.41, 5.74) is 0.410. The number of nitrogens with one attached hydrogen (secondary N) is 1. The van der Waals surface area contributed by atoms with Crippen molar-refractivity contribution in [3.8, 4) is 10.8 Å². The summed E-state index contributed by atoms with van der Waals surface area (Å²) >= 11 is 1.44. The van der Waals surface area contributed by atoms with E-state index >= 15 is 0 Å². The minimum Gasteiger partial charge on any atom is -0.462 e. The molecule has 3 aromatic heterocycles. The van der Waals surface area contributed by atoms with Gasteiger partial charge in [0.1, 0.15) is 11.5 Å². The molecule has 3 aromatic rings. The van der Waals surface area contributed by atoms with E-state index in [-0.39, 0.29) is 11.9 Å². The van der Waals surface area contributed by atoms with Crippen molar-refractivity contribution in [2.24, 2.45) is 0 Å². The van der Waals surface area contributed by atoms with Gasteiger partial charge in [-0.3, -0.25) is 4.79 Å². The lowest BCUT2D eigenvalue weighted by molar-refractivity contribution is 0.102. The molecule has 0 aliphatic carbocycles. The zero-order chi connectivity index (χ0) is 15.7. The summed E-state index contributed by atoms with van der Waals surface area (Å²) in [6, 6.07) is 5.56. The zero-order valence-corrected chi connectivity index (χ0v) is 13.3. The van der Waals surface area contributed by atoms with E-state index < -0.39 is 0 Å². The molecular formula is C15H16N4O2S. The van der Waals surface area contributed by atoms with Crippen molar-refractivity contribution in [3.05, 3.63) is 41.2 Å². The summed E-state index contributed by atoms with van der Waals surface area (Å²) in [6.07, 6.45) is 3.25. The van der Waals surface area contributed by atoms with Gasteiger partial charge in [-0.25, -0.2) is 9.67 Å². The first-order chi connectivity index (χ1) is 10.6. The maximum Gasteiger partial charge on any atom is 0.276 e. The lowest BCUT2D eigenvalue weighted by Crippen LogP contribution is -2.17. The van der Waals surface area contributed by atoms with Crippen LogP contribution in [-0.2, 0) is 0 Å². The predicted molar refractivity (Wildman–Crippen MR) is 85.1 cm³/mol. The molecule has 0 aromatic carbocycles. The number of hydrogen-bond donors (Lipinski definition) is 1. The van der Waals surface area contributed by atoms with E-state index in [1.54, 1.807) is 29.3 Å². The average molecular weight is 316 g/mol. The normalized spacial score (nSPS) is 11.1. The third-order valence-electron chi connectivity index (χ3n) is 3.14. The summed E-state index contributed by atoms with van der Waals surface area (Å²) in [4.78, 5) is 17.7. The summed E-state index contributed by atoms with van der Waals surface area (Å²) in [6.45, 7) is 5.89. The van der Waals surface area contributed by atoms with Gasteiger partial charge in [0, 0.05) is 17.0 Å². The average Bonchev–Trinajstić information content (AvgIpc) is 3.16. The van der Waals surface area contributed by atoms with Gasteiger partial charge in [-0.1, -0.05) is 0 Å². The highest BCUT2D eigenvalue weighted by Crippen LogP contribution is 2.28. The van der Waals surface area contributed by atoms with Crippen molar-refractivity contribution in [2.45, 2.75) is 26.8 Å². The van der Waals surface area contributed by atoms with Crippen LogP contribution in [0.3, 0.4) is 0 Å². The Kier molecular flexibility index (Phi) is 3.81. The van der Waals surface area contributed by atoms with Crippen molar-refractivity contribution in [1.29, 1.82) is 0 Å². The molecule has 0 radical (unpaired) electrons. The number of furan rings is 1. The monoisotopic (exact) mass is 316 g/mol. The highest BCUT2D eigenvalue weighted by molar-refractivity contribution is 7.15. The number of nitrogens with zero attached hydrogens (tertiary/aromatic N) is 3. The largest absolute Gasteiger partial charge is 0.462 e. The lowest BCUT2D eigenvalue weighted by atomic mass is 10.3. The van der Waals surface area contributed by atoms with Crippen LogP contribution in [-0.4, -0.2) is 20.7 Å². The van der Waals surface area contributed by atoms with E-state index in [9.17, 15) is 4.79 Å². The Morgan fingerprint density at radius 2 is 2.23 bits per heavy atom. The Morgan fingerprint density at radius 1 is 1.41 bits per heavy atom. The van der Waals surface area contributed by atoms with Crippen LogP contribution in [0.5, 0.6) is 0 Å². The van der Waals surface area contributed by atoms with Gasteiger partial charge in [-0.2, -0.15) is 5.10 Å². The summed E-state index contributed by atoms with van der Waals surface area (Å²) in [7, 11) is 0. The Balaban J connectivity index is 1.85. The van der Waals surface area contributed by atoms with Gasteiger partial charge in [-0.15, -0.1) is 11.3 Å². The second-order valence-corrected chi connectivity index (χ2v) is 6.31. The van der Waals surface area contributed by atoms with Gasteiger partial charge in [-0.05, 0) is 32.9 Å². The van der Waals surface area contributed by atoms with E-state index in [2.05, 4.69) is 15.4 Å². The van der Waals surface area contributed by atoms with Crippen LogP contribution in [0, 0.1) is 6.92 Å². The number of rotatable bonds is 4. The summed E-state index contributed by atoms with van der Waals surface area (Å²) < 4.78 is 7.08. The number of hydrogen-bond acceptors (Lipinski definition) is 5. The highest BCUT2D eigenvalue weighted by Gasteiger charge is 2.19. The first kappa shape index (κ1) is 14.5. The third kappa shape index (κ3) is 2.67. The molecule has 22 heavy (non-hydrogen) atoms. The minimum absolute atomic E-state index is 0.167. The van der Waals surface area contributed by atoms with Gasteiger partial charge < -0.3 is 9.73 Å². The Bertz CT molecular complexity index is 786. The fourth-order valence-corrected chi connectivity index (χ4v) is 2.99. The van der Waals surface area contributed by atoms with Gasteiger partial charge >= 0.3 is 0 Å². The Hall–Kier alpha value is -2.41. The molecule has 0 unspecified atom stereocenters. The second-order valence-electron chi connectivity index (χ2n) is 5.11. The molecule has 0 spiro atoms. The summed E-state index contributed by atoms with van der Waals surface area (Å²) in [5, 5.41) is 7.76. The number of thiazole rings is 1. The molecule has 6 nitrogen and oxygen atoms in total. The van der Waals surface area contributed by atoms with Gasteiger partial charge in [0.15, 0.2) is 10.8 Å². The molecule has 0 bridgehead atoms. The van der Waals surface area contributed by atoms with Gasteiger partial charge in [0.25, 0.3) is 5.91 Å². The fourth-order valence-electron chi connectivity index (χ4n) is 2.11. The van der Waals surface area contributed by atoms with E-state index in [0.29, 0.717) is 22.3 Å². The van der Waals surface area contributed by atoms with Gasteiger partial charge in [0.2, 0.25) is 0 Å². The van der Waals surface area contributed by atoms with Crippen LogP contribution < -0.4 is 5.32 Å². The molecular weight excluding hydrogens is 300 g/mol. The smallest absolute Gasteiger partial charge is 0.276 e. The van der Waals surface area contributed by atoms with Crippen LogP contribution in [0.1, 0.15) is 35.3 Å². The second kappa shape index (κ2) is 5.76. The van der Waals surface area contributed by atoms with E-state index in [1.165, 1.54) is 11.3 Å². The number of carbonyl (C=O) groups excluding carboxylic acids is 1. The maximum absolute atomic E-state index is 12.5. The molecule has 7 heteroatoms. The van der Waals surface area contributed by atoms with Crippen molar-refractivity contribution < 1.29 is 9.21 Å². The first-order valence-electron chi connectivity index (χ1n) is 6.92. The number of carbonyl (C=O) groups is 1. The molecule has 1 amide bonds. The molecule has 3 rings (SSSR count). The SMILES string of the molecule is Cc1sc(-c2ccco2)nc1C(=O)Nc1ccnn1C(C)C. The highest BCUT2D eigenvalue weighted by atomic mass is 32.1. The lowest BCUT2D eigenvalue weighted by Gasteiger charge is -2.11. The Labute approximate surface area is 131 Å². The first-order valence-corrected chi connectivity index (χ1v) is 7.74. The quantitative estimate of drug-likeness (QED) is 0.795. The van der Waals surface area contributed by atoms with Crippen LogP contribution in [0.2, 0.25) is 0 Å². The van der Waals surface area contributed by atoms with Crippen LogP contribution in [0.25, 0.3) is 10.8 Å². The standard InChI is InChI=1S/C15H16N4O2S/c1-9(2)19-12(6-7-16-19)17-14(20)13-10(3)22-15(18-13)11-5-4-8-21-11/h4-9H,1-3H3,(H,17,20). The predicted octanol–water partition coefficient (Wildman–Crippen LogP) is 3.74. The molecule has 0 aliphatic rings. The van der Waals surface area contributed by atoms with Crippen molar-refractivity contribution in [1.82, 2.24) is 14.8 Å². The topological polar surface area (TPSA) is 73.0 Å². The number of anilines is 1. The molecule has 3 heterocycles. The number of aromatic nitrogens is 3. The maximum atomic E-state index is 12.5. The van der Waals surface area contributed by atoms with E-state index in [0.717, 1.165) is 4.88 Å². The van der Waals surface area contributed by atoms with Crippen molar-refractivity contribution in [3.63, 3.8) is 0 Å². The van der Waals surface area contributed by atoms with Crippen molar-refractivity contribution in [2.75, 3.05) is 5.32 Å². The van der Waals surface area contributed by atoms with Crippen LogP contribution in [0.15, 0.2) is 35.1 Å². The zero-order valence-electron chi connectivity index (χ0n) is 12.5. The van der Waals surface area contributed by atoms with Crippen LogP contribution in [0.4, 0.5) is 5.82 Å². The van der Waals surface area contributed by atoms with E-state index in [4.69, 9.17) is 4.42 Å². The van der Waals surface area contributed by atoms with Crippen LogP contribution >= 0.6 is 11.3 Å². The van der Waals surface area contributed by atoms with Crippen molar-refractivity contribution >= 4 is 23.1 Å². The minimum atomic E-state index is -0.242. The molecule has 114 valence electrons. The molecule has 1 N–H and O–H groups in total. The summed E-state index contributed by atoms with van der Waals surface area (Å²) in [5.74, 6) is 1.08. The molecule has 0 fully saturated rings. The molecule has 0 atom stereocenters.